The number of nitrogens with one attached hydrogen (secondary N) is 1. The van der Waals surface area contributed by atoms with Crippen LogP contribution in [0.3, 0.4) is 0 Å². The van der Waals surface area contributed by atoms with Crippen molar-refractivity contribution in [2.75, 3.05) is 13.7 Å². The van der Waals surface area contributed by atoms with E-state index in [4.69, 9.17) is 5.10 Å². The lowest BCUT2D eigenvalue weighted by molar-refractivity contribution is -0.139. The molecule has 3 rings (SSSR count). The van der Waals surface area contributed by atoms with Gasteiger partial charge in [0.25, 0.3) is 5.91 Å². The summed E-state index contributed by atoms with van der Waals surface area (Å²) in [6.07, 6.45) is 5.60. The molecule has 0 aliphatic heterocycles. The minimum Gasteiger partial charge on any atom is -0.468 e. The number of rotatable bonds is 5. The molecule has 6 heteroatoms. The van der Waals surface area contributed by atoms with Gasteiger partial charge in [0, 0.05) is 10.9 Å². The first kappa shape index (κ1) is 16.5. The molecule has 0 bridgehead atoms. The van der Waals surface area contributed by atoms with Crippen molar-refractivity contribution in [3.8, 4) is 0 Å². The molecule has 1 heterocycles. The molecule has 1 N–H and O–H groups in total. The molecular weight excluding hydrogens is 306 g/mol. The topological polar surface area (TPSA) is 73.2 Å². The fourth-order valence-electron chi connectivity index (χ4n) is 3.36. The van der Waals surface area contributed by atoms with E-state index in [-0.39, 0.29) is 12.5 Å². The lowest BCUT2D eigenvalue weighted by Crippen LogP contribution is -2.30. The first-order valence-corrected chi connectivity index (χ1v) is 8.50. The highest BCUT2D eigenvalue weighted by Gasteiger charge is 2.22. The van der Waals surface area contributed by atoms with Gasteiger partial charge >= 0.3 is 5.97 Å². The normalized spacial score (nSPS) is 14.9. The number of hydrogen-bond acceptors (Lipinski definition) is 4. The van der Waals surface area contributed by atoms with E-state index in [9.17, 15) is 9.59 Å². The van der Waals surface area contributed by atoms with Gasteiger partial charge in [0.15, 0.2) is 0 Å². The van der Waals surface area contributed by atoms with Crippen LogP contribution in [0, 0.1) is 0 Å². The molecule has 1 amide bonds. The Morgan fingerprint density at radius 1 is 1.33 bits per heavy atom. The first-order valence-electron chi connectivity index (χ1n) is 8.50. The highest BCUT2D eigenvalue weighted by atomic mass is 16.5. The van der Waals surface area contributed by atoms with E-state index in [1.807, 2.05) is 12.1 Å². The maximum Gasteiger partial charge on any atom is 0.325 e. The van der Waals surface area contributed by atoms with Crippen LogP contribution in [0.2, 0.25) is 0 Å². The Hall–Kier alpha value is -2.37. The van der Waals surface area contributed by atoms with E-state index in [1.54, 1.807) is 6.07 Å². The molecule has 1 fully saturated rings. The second kappa shape index (κ2) is 7.03. The maximum atomic E-state index is 12.3. The van der Waals surface area contributed by atoms with Gasteiger partial charge in [0.2, 0.25) is 0 Å². The number of hydrogen-bond donors (Lipinski definition) is 1. The van der Waals surface area contributed by atoms with Gasteiger partial charge in [-0.3, -0.25) is 14.3 Å². The van der Waals surface area contributed by atoms with Crippen molar-refractivity contribution in [2.45, 2.75) is 45.1 Å². The molecule has 1 aliphatic carbocycles. The molecule has 1 aromatic heterocycles. The van der Waals surface area contributed by atoms with Crippen molar-refractivity contribution in [2.24, 2.45) is 0 Å². The van der Waals surface area contributed by atoms with Crippen LogP contribution in [-0.4, -0.2) is 35.3 Å². The van der Waals surface area contributed by atoms with Gasteiger partial charge in [-0.25, -0.2) is 0 Å². The molecule has 6 nitrogen and oxygen atoms in total. The average molecular weight is 329 g/mol. The summed E-state index contributed by atoms with van der Waals surface area (Å²) in [5.41, 5.74) is 2.61. The zero-order valence-electron chi connectivity index (χ0n) is 14.2. The third kappa shape index (κ3) is 3.13. The van der Waals surface area contributed by atoms with Crippen LogP contribution in [-0.2, 0) is 16.0 Å². The predicted octanol–water partition coefficient (Wildman–Crippen LogP) is 2.62. The number of aryl methyl sites for hydroxylation is 1. The van der Waals surface area contributed by atoms with Gasteiger partial charge in [-0.1, -0.05) is 25.8 Å². The molecule has 1 saturated carbocycles. The molecule has 128 valence electrons. The SMILES string of the molecule is CCc1nn(C2CCCC2)c2cc(C(=O)NCC(=O)OC)ccc12. The Morgan fingerprint density at radius 3 is 2.75 bits per heavy atom. The second-order valence-corrected chi connectivity index (χ2v) is 6.17. The summed E-state index contributed by atoms with van der Waals surface area (Å²) < 4.78 is 6.64. The number of carbonyl (C=O) groups is 2. The number of aromatic nitrogens is 2. The standard InChI is InChI=1S/C18H23N3O3/c1-3-15-14-9-8-12(18(23)19-11-17(22)24-2)10-16(14)21(20-15)13-6-4-5-7-13/h8-10,13H,3-7,11H2,1-2H3,(H,19,23). The summed E-state index contributed by atoms with van der Waals surface area (Å²) in [6.45, 7) is 1.97. The van der Waals surface area contributed by atoms with Crippen LogP contribution >= 0.6 is 0 Å². The maximum absolute atomic E-state index is 12.3. The molecule has 1 aromatic carbocycles. The molecule has 24 heavy (non-hydrogen) atoms. The quantitative estimate of drug-likeness (QED) is 0.856. The minimum atomic E-state index is -0.464. The Balaban J connectivity index is 1.92. The predicted molar refractivity (Wildman–Crippen MR) is 91.0 cm³/mol. The van der Waals surface area contributed by atoms with E-state index < -0.39 is 5.97 Å². The van der Waals surface area contributed by atoms with E-state index in [1.165, 1.54) is 20.0 Å². The van der Waals surface area contributed by atoms with Crippen LogP contribution in [0.4, 0.5) is 0 Å². The largest absolute Gasteiger partial charge is 0.468 e. The van der Waals surface area contributed by atoms with Gasteiger partial charge in [-0.05, 0) is 31.4 Å². The van der Waals surface area contributed by atoms with Crippen molar-refractivity contribution < 1.29 is 14.3 Å². The van der Waals surface area contributed by atoms with E-state index >= 15 is 0 Å². The number of nitrogens with zero attached hydrogens (tertiary/aromatic N) is 2. The van der Waals surface area contributed by atoms with Crippen LogP contribution < -0.4 is 5.32 Å². The molecule has 1 aliphatic rings. The van der Waals surface area contributed by atoms with Crippen LogP contribution in [0.1, 0.15) is 54.7 Å². The third-order valence-electron chi connectivity index (χ3n) is 4.67. The molecule has 0 spiro atoms. The van der Waals surface area contributed by atoms with Gasteiger partial charge in [0.05, 0.1) is 24.4 Å². The van der Waals surface area contributed by atoms with Crippen molar-refractivity contribution in [1.29, 1.82) is 0 Å². The monoisotopic (exact) mass is 329 g/mol. The van der Waals surface area contributed by atoms with Gasteiger partial charge in [0.1, 0.15) is 6.54 Å². The summed E-state index contributed by atoms with van der Waals surface area (Å²) in [7, 11) is 1.30. The fourth-order valence-corrected chi connectivity index (χ4v) is 3.36. The number of esters is 1. The molecule has 2 aromatic rings. The first-order chi connectivity index (χ1) is 11.6. The summed E-state index contributed by atoms with van der Waals surface area (Å²) in [5, 5.41) is 8.48. The number of methoxy groups -OCH3 is 1. The average Bonchev–Trinajstić information content (AvgIpc) is 3.25. The smallest absolute Gasteiger partial charge is 0.325 e. The summed E-state index contributed by atoms with van der Waals surface area (Å²) in [5.74, 6) is -0.742. The number of fused-ring (bicyclic) bond motifs is 1. The van der Waals surface area contributed by atoms with E-state index in [2.05, 4.69) is 21.7 Å². The molecule has 0 saturated heterocycles. The van der Waals surface area contributed by atoms with Crippen molar-refractivity contribution >= 4 is 22.8 Å². The zero-order chi connectivity index (χ0) is 17.1. The number of ether oxygens (including phenoxy) is 1. The molecule has 0 atom stereocenters. The summed E-state index contributed by atoms with van der Waals surface area (Å²) in [6, 6.07) is 6.04. The Labute approximate surface area is 141 Å². The van der Waals surface area contributed by atoms with E-state index in [0.717, 1.165) is 35.9 Å². The van der Waals surface area contributed by atoms with Gasteiger partial charge < -0.3 is 10.1 Å². The van der Waals surface area contributed by atoms with E-state index in [0.29, 0.717) is 11.6 Å². The van der Waals surface area contributed by atoms with Gasteiger partial charge in [-0.2, -0.15) is 5.10 Å². The van der Waals surface area contributed by atoms with Crippen LogP contribution in [0.15, 0.2) is 18.2 Å². The Morgan fingerprint density at radius 2 is 2.08 bits per heavy atom. The zero-order valence-corrected chi connectivity index (χ0v) is 14.2. The van der Waals surface area contributed by atoms with Crippen LogP contribution in [0.25, 0.3) is 10.9 Å². The number of benzene rings is 1. The van der Waals surface area contributed by atoms with Crippen molar-refractivity contribution in [1.82, 2.24) is 15.1 Å². The Bertz CT molecular complexity index is 760. The molecular formula is C18H23N3O3. The molecule has 0 radical (unpaired) electrons. The lowest BCUT2D eigenvalue weighted by Gasteiger charge is -2.12. The molecule has 0 unspecified atom stereocenters. The lowest BCUT2D eigenvalue weighted by atomic mass is 10.1. The summed E-state index contributed by atoms with van der Waals surface area (Å²) >= 11 is 0. The second-order valence-electron chi connectivity index (χ2n) is 6.17. The van der Waals surface area contributed by atoms with Crippen LogP contribution in [0.5, 0.6) is 0 Å². The minimum absolute atomic E-state index is 0.129. The fraction of sp³-hybridized carbons (Fsp3) is 0.500. The van der Waals surface area contributed by atoms with Gasteiger partial charge in [-0.15, -0.1) is 0 Å². The van der Waals surface area contributed by atoms with Crippen molar-refractivity contribution in [3.05, 3.63) is 29.5 Å². The highest BCUT2D eigenvalue weighted by Crippen LogP contribution is 2.33. The Kier molecular flexibility index (Phi) is 4.83. The number of amides is 1. The summed E-state index contributed by atoms with van der Waals surface area (Å²) in [4.78, 5) is 23.4. The van der Waals surface area contributed by atoms with Crippen molar-refractivity contribution in [3.63, 3.8) is 0 Å². The number of carbonyl (C=O) groups excluding carboxylic acids is 2. The highest BCUT2D eigenvalue weighted by molar-refractivity contribution is 5.99. The third-order valence-corrected chi connectivity index (χ3v) is 4.67.